The number of nitrogens with two attached hydrogens (primary N) is 1. The monoisotopic (exact) mass is 431 g/mol. The molecule has 2 saturated heterocycles. The maximum Gasteiger partial charge on any atom is 0.472 e. The minimum atomic E-state index is -4.21. The summed E-state index contributed by atoms with van der Waals surface area (Å²) in [5, 5.41) is 10.2. The molecule has 10 nitrogen and oxygen atoms in total. The van der Waals surface area contributed by atoms with E-state index in [1.807, 2.05) is 22.6 Å². The molecular formula is C9H11IN3O7P. The Kier molecular flexibility index (Phi) is 3.84. The van der Waals surface area contributed by atoms with Crippen molar-refractivity contribution in [3.05, 3.63) is 20.3 Å². The number of phosphoric acid groups is 1. The van der Waals surface area contributed by atoms with Crippen LogP contribution in [-0.4, -0.2) is 44.5 Å². The highest BCUT2D eigenvalue weighted by Gasteiger charge is 2.52. The molecule has 0 saturated carbocycles. The Morgan fingerprint density at radius 3 is 3.00 bits per heavy atom. The highest BCUT2D eigenvalue weighted by molar-refractivity contribution is 14.1. The highest BCUT2D eigenvalue weighted by atomic mass is 127. The molecule has 0 aliphatic carbocycles. The quantitative estimate of drug-likeness (QED) is 0.385. The van der Waals surface area contributed by atoms with Crippen LogP contribution < -0.4 is 11.4 Å². The number of fused-ring (bicyclic) bond motifs is 1. The minimum Gasteiger partial charge on any atom is -0.386 e. The van der Waals surface area contributed by atoms with Crippen LogP contribution in [0, 0.1) is 3.57 Å². The average Bonchev–Trinajstić information content (AvgIpc) is 2.70. The zero-order valence-electron chi connectivity index (χ0n) is 10.3. The molecule has 21 heavy (non-hydrogen) atoms. The van der Waals surface area contributed by atoms with Crippen LogP contribution in [0.4, 0.5) is 5.82 Å². The molecule has 1 aromatic heterocycles. The van der Waals surface area contributed by atoms with Gasteiger partial charge in [0.1, 0.15) is 24.1 Å². The number of anilines is 1. The first-order valence-electron chi connectivity index (χ1n) is 5.82. The van der Waals surface area contributed by atoms with Gasteiger partial charge >= 0.3 is 13.5 Å². The second-order valence-corrected chi connectivity index (χ2v) is 7.12. The number of aromatic nitrogens is 2. The molecule has 0 bridgehead atoms. The Morgan fingerprint density at radius 1 is 1.57 bits per heavy atom. The van der Waals surface area contributed by atoms with Crippen molar-refractivity contribution < 1.29 is 28.3 Å². The zero-order valence-corrected chi connectivity index (χ0v) is 13.4. The average molecular weight is 431 g/mol. The summed E-state index contributed by atoms with van der Waals surface area (Å²) in [4.78, 5) is 24.7. The number of rotatable bonds is 1. The Labute approximate surface area is 131 Å². The predicted octanol–water partition coefficient (Wildman–Crippen LogP) is -0.796. The number of aliphatic hydroxyl groups excluding tert-OH is 1. The molecule has 4 N–H and O–H groups in total. The lowest BCUT2D eigenvalue weighted by Crippen LogP contribution is -2.40. The van der Waals surface area contributed by atoms with Gasteiger partial charge in [0.25, 0.3) is 0 Å². The molecule has 116 valence electrons. The topological polar surface area (TPSA) is 146 Å². The first kappa shape index (κ1) is 15.3. The van der Waals surface area contributed by atoms with Crippen LogP contribution in [0.15, 0.2) is 11.0 Å². The number of halogens is 1. The smallest absolute Gasteiger partial charge is 0.386 e. The van der Waals surface area contributed by atoms with Crippen LogP contribution >= 0.6 is 30.4 Å². The maximum atomic E-state index is 11.9. The molecule has 0 aromatic carbocycles. The van der Waals surface area contributed by atoms with Gasteiger partial charge in [0, 0.05) is 6.20 Å². The lowest BCUT2D eigenvalue weighted by Gasteiger charge is -2.27. The van der Waals surface area contributed by atoms with Crippen LogP contribution in [0.25, 0.3) is 0 Å². The van der Waals surface area contributed by atoms with Crippen LogP contribution in [0.1, 0.15) is 6.23 Å². The molecule has 3 heterocycles. The normalized spacial score (nSPS) is 39.2. The molecule has 0 spiro atoms. The van der Waals surface area contributed by atoms with Crippen LogP contribution in [0.3, 0.4) is 0 Å². The molecule has 1 unspecified atom stereocenters. The summed E-state index contributed by atoms with van der Waals surface area (Å²) in [6.45, 7) is -0.222. The molecular weight excluding hydrogens is 420 g/mol. The second-order valence-electron chi connectivity index (χ2n) is 4.55. The van der Waals surface area contributed by atoms with Crippen LogP contribution in [0.5, 0.6) is 0 Å². The Hall–Kier alpha value is -0.560. The van der Waals surface area contributed by atoms with E-state index >= 15 is 0 Å². The van der Waals surface area contributed by atoms with Crippen molar-refractivity contribution in [3.63, 3.8) is 0 Å². The van der Waals surface area contributed by atoms with Crippen LogP contribution in [-0.2, 0) is 18.3 Å². The Bertz CT molecular complexity index is 682. The standard InChI is InChI=1S/C9H11IN3O7P/c10-3-1-13(9(15)12-7(3)11)8-5(14)6-4(19-8)2-18-21(16,17)20-6/h1,4-6,8,14H,2H2,(H,16,17)(H2,11,12,15)/t4-,5-,6-,8-/m1/s1. The van der Waals surface area contributed by atoms with Crippen molar-refractivity contribution in [2.45, 2.75) is 24.5 Å². The van der Waals surface area contributed by atoms with Crippen molar-refractivity contribution >= 4 is 36.2 Å². The molecule has 0 amide bonds. The van der Waals surface area contributed by atoms with Gasteiger partial charge in [0.15, 0.2) is 6.23 Å². The fraction of sp³-hybridized carbons (Fsp3) is 0.556. The van der Waals surface area contributed by atoms with E-state index < -0.39 is 38.1 Å². The highest BCUT2D eigenvalue weighted by Crippen LogP contribution is 2.52. The number of ether oxygens (including phenoxy) is 1. The van der Waals surface area contributed by atoms with Gasteiger partial charge in [-0.3, -0.25) is 13.6 Å². The summed E-state index contributed by atoms with van der Waals surface area (Å²) in [7, 11) is -4.21. The molecule has 5 atom stereocenters. The third-order valence-corrected chi connectivity index (χ3v) is 4.99. The molecule has 1 aromatic rings. The van der Waals surface area contributed by atoms with Crippen molar-refractivity contribution in [1.82, 2.24) is 9.55 Å². The number of hydrogen-bond acceptors (Lipinski definition) is 8. The fourth-order valence-corrected chi connectivity index (χ4v) is 3.59. The maximum absolute atomic E-state index is 11.9. The molecule has 3 rings (SSSR count). The van der Waals surface area contributed by atoms with Gasteiger partial charge in [-0.05, 0) is 22.6 Å². The summed E-state index contributed by atoms with van der Waals surface area (Å²) in [6, 6.07) is 0. The van der Waals surface area contributed by atoms with Gasteiger partial charge in [-0.15, -0.1) is 0 Å². The van der Waals surface area contributed by atoms with Crippen molar-refractivity contribution in [2.24, 2.45) is 0 Å². The first-order valence-corrected chi connectivity index (χ1v) is 8.39. The van der Waals surface area contributed by atoms with Gasteiger partial charge in [0.05, 0.1) is 10.2 Å². The van der Waals surface area contributed by atoms with E-state index in [-0.39, 0.29) is 12.4 Å². The minimum absolute atomic E-state index is 0.0706. The molecule has 2 aliphatic heterocycles. The Morgan fingerprint density at radius 2 is 2.29 bits per heavy atom. The summed E-state index contributed by atoms with van der Waals surface area (Å²) in [6.07, 6.45) is -2.87. The van der Waals surface area contributed by atoms with Crippen molar-refractivity contribution in [2.75, 3.05) is 12.3 Å². The van der Waals surface area contributed by atoms with Crippen LogP contribution in [0.2, 0.25) is 0 Å². The molecule has 12 heteroatoms. The van der Waals surface area contributed by atoms with Gasteiger partial charge in [-0.1, -0.05) is 0 Å². The van der Waals surface area contributed by atoms with E-state index in [0.29, 0.717) is 3.57 Å². The summed E-state index contributed by atoms with van der Waals surface area (Å²) in [5.74, 6) is 0.0706. The second kappa shape index (κ2) is 5.26. The predicted molar refractivity (Wildman–Crippen MR) is 76.2 cm³/mol. The van der Waals surface area contributed by atoms with E-state index in [1.165, 1.54) is 6.20 Å². The number of aliphatic hydroxyl groups is 1. The van der Waals surface area contributed by atoms with Gasteiger partial charge in [-0.2, -0.15) is 4.98 Å². The Balaban J connectivity index is 1.94. The summed E-state index contributed by atoms with van der Waals surface area (Å²) < 4.78 is 27.8. The lowest BCUT2D eigenvalue weighted by molar-refractivity contribution is -0.0685. The zero-order chi connectivity index (χ0) is 15.4. The van der Waals surface area contributed by atoms with E-state index in [9.17, 15) is 19.4 Å². The van der Waals surface area contributed by atoms with Crippen molar-refractivity contribution in [1.29, 1.82) is 0 Å². The molecule has 2 fully saturated rings. The summed E-state index contributed by atoms with van der Waals surface area (Å²) in [5.41, 5.74) is 4.82. The van der Waals surface area contributed by atoms with E-state index in [2.05, 4.69) is 9.51 Å². The molecule has 2 aliphatic rings. The largest absolute Gasteiger partial charge is 0.472 e. The van der Waals surface area contributed by atoms with Gasteiger partial charge < -0.3 is 20.5 Å². The third kappa shape index (κ3) is 2.74. The number of phosphoric ester groups is 1. The summed E-state index contributed by atoms with van der Waals surface area (Å²) >= 11 is 1.88. The lowest BCUT2D eigenvalue weighted by atomic mass is 10.1. The first-order chi connectivity index (χ1) is 9.78. The number of nitrogens with zero attached hydrogens (tertiary/aromatic N) is 2. The fourth-order valence-electron chi connectivity index (χ4n) is 2.21. The van der Waals surface area contributed by atoms with E-state index in [4.69, 9.17) is 15.0 Å². The number of hydrogen-bond donors (Lipinski definition) is 3. The third-order valence-electron chi connectivity index (χ3n) is 3.17. The molecule has 0 radical (unpaired) electrons. The van der Waals surface area contributed by atoms with Gasteiger partial charge in [-0.25, -0.2) is 9.36 Å². The number of nitrogen functional groups attached to an aromatic ring is 1. The van der Waals surface area contributed by atoms with Crippen molar-refractivity contribution in [3.8, 4) is 0 Å². The van der Waals surface area contributed by atoms with E-state index in [0.717, 1.165) is 4.57 Å². The van der Waals surface area contributed by atoms with Gasteiger partial charge in [0.2, 0.25) is 0 Å². The van der Waals surface area contributed by atoms with E-state index in [1.54, 1.807) is 0 Å². The SMILES string of the molecule is Nc1nc(=O)n([C@@H]2O[C@@H]3COP(=O)(O)O[C@H]3[C@H]2O)cc1I.